The van der Waals surface area contributed by atoms with Crippen molar-refractivity contribution in [2.24, 2.45) is 0 Å². The van der Waals surface area contributed by atoms with Gasteiger partial charge in [-0.15, -0.1) is 0 Å². The summed E-state index contributed by atoms with van der Waals surface area (Å²) in [6.45, 7) is 1.40. The number of esters is 1. The van der Waals surface area contributed by atoms with Crippen molar-refractivity contribution in [3.63, 3.8) is 0 Å². The summed E-state index contributed by atoms with van der Waals surface area (Å²) < 4.78 is 31.8. The molecular formula is C17H17ClN2O6S. The summed E-state index contributed by atoms with van der Waals surface area (Å²) in [7, 11) is -3.85. The van der Waals surface area contributed by atoms with E-state index in [9.17, 15) is 23.3 Å². The zero-order valence-corrected chi connectivity index (χ0v) is 15.9. The van der Waals surface area contributed by atoms with E-state index in [4.69, 9.17) is 16.3 Å². The second-order valence-corrected chi connectivity index (χ2v) is 7.70. The number of non-ortho nitro benzene ring substituents is 1. The van der Waals surface area contributed by atoms with Gasteiger partial charge in [-0.2, -0.15) is 0 Å². The van der Waals surface area contributed by atoms with Crippen molar-refractivity contribution < 1.29 is 22.9 Å². The molecule has 0 fully saturated rings. The van der Waals surface area contributed by atoms with E-state index in [0.29, 0.717) is 5.56 Å². The lowest BCUT2D eigenvalue weighted by Crippen LogP contribution is -2.27. The van der Waals surface area contributed by atoms with Gasteiger partial charge in [-0.1, -0.05) is 35.9 Å². The highest BCUT2D eigenvalue weighted by Gasteiger charge is 2.19. The van der Waals surface area contributed by atoms with Crippen LogP contribution in [0.3, 0.4) is 0 Å². The monoisotopic (exact) mass is 412 g/mol. The number of hydrogen-bond acceptors (Lipinski definition) is 6. The molecule has 0 saturated carbocycles. The summed E-state index contributed by atoms with van der Waals surface area (Å²) in [4.78, 5) is 22.1. The number of hydrogen-bond donors (Lipinski definition) is 1. The Balaban J connectivity index is 1.90. The lowest BCUT2D eigenvalue weighted by Gasteiger charge is -2.14. The van der Waals surface area contributed by atoms with E-state index >= 15 is 0 Å². The Hall–Kier alpha value is -2.49. The SMILES string of the molecule is C[C@@H](OC(=O)CCNS(=O)(=O)c1ccccc1Cl)c1cccc([N+](=O)[O-])c1. The van der Waals surface area contributed by atoms with Crippen LogP contribution in [0.15, 0.2) is 53.4 Å². The molecule has 0 unspecified atom stereocenters. The smallest absolute Gasteiger partial charge is 0.307 e. The van der Waals surface area contributed by atoms with Crippen LogP contribution in [0.2, 0.25) is 5.02 Å². The van der Waals surface area contributed by atoms with Crippen molar-refractivity contribution in [3.05, 3.63) is 69.2 Å². The molecule has 0 aliphatic carbocycles. The largest absolute Gasteiger partial charge is 0.458 e. The number of nitro benzene ring substituents is 1. The van der Waals surface area contributed by atoms with Gasteiger partial charge < -0.3 is 4.74 Å². The van der Waals surface area contributed by atoms with Crippen molar-refractivity contribution in [2.45, 2.75) is 24.3 Å². The summed E-state index contributed by atoms with van der Waals surface area (Å²) in [6.07, 6.45) is -0.916. The Morgan fingerprint density at radius 1 is 1.26 bits per heavy atom. The third-order valence-corrected chi connectivity index (χ3v) is 5.57. The van der Waals surface area contributed by atoms with E-state index < -0.39 is 27.0 Å². The predicted octanol–water partition coefficient (Wildman–Crippen LogP) is 3.22. The first kappa shape index (κ1) is 20.8. The molecule has 8 nitrogen and oxygen atoms in total. The van der Waals surface area contributed by atoms with Gasteiger partial charge in [-0.05, 0) is 24.6 Å². The standard InChI is InChI=1S/C17H17ClN2O6S/c1-12(13-5-4-6-14(11-13)20(22)23)26-17(21)9-10-19-27(24,25)16-8-3-2-7-15(16)18/h2-8,11-12,19H,9-10H2,1H3/t12-/m1/s1. The predicted molar refractivity (Wildman–Crippen MR) is 98.9 cm³/mol. The molecule has 2 rings (SSSR count). The Morgan fingerprint density at radius 2 is 1.96 bits per heavy atom. The molecule has 0 spiro atoms. The number of nitrogens with one attached hydrogen (secondary N) is 1. The molecule has 1 atom stereocenters. The van der Waals surface area contributed by atoms with Gasteiger partial charge in [0, 0.05) is 18.7 Å². The first-order chi connectivity index (χ1) is 12.7. The van der Waals surface area contributed by atoms with Crippen LogP contribution in [0.4, 0.5) is 5.69 Å². The highest BCUT2D eigenvalue weighted by molar-refractivity contribution is 7.89. The maximum absolute atomic E-state index is 12.2. The molecule has 0 aromatic heterocycles. The quantitative estimate of drug-likeness (QED) is 0.404. The summed E-state index contributed by atoms with van der Waals surface area (Å²) in [5.41, 5.74) is 0.358. The molecule has 0 saturated heterocycles. The van der Waals surface area contributed by atoms with Gasteiger partial charge in [0.1, 0.15) is 11.0 Å². The number of halogens is 1. The molecule has 144 valence electrons. The minimum atomic E-state index is -3.85. The number of rotatable bonds is 8. The molecule has 0 radical (unpaired) electrons. The van der Waals surface area contributed by atoms with E-state index in [0.717, 1.165) is 0 Å². The van der Waals surface area contributed by atoms with Gasteiger partial charge in [0.05, 0.1) is 16.4 Å². The lowest BCUT2D eigenvalue weighted by atomic mass is 10.1. The van der Waals surface area contributed by atoms with Crippen LogP contribution in [-0.4, -0.2) is 25.9 Å². The van der Waals surface area contributed by atoms with Crippen molar-refractivity contribution in [1.82, 2.24) is 4.72 Å². The fraction of sp³-hybridized carbons (Fsp3) is 0.235. The first-order valence-electron chi connectivity index (χ1n) is 7.89. The van der Waals surface area contributed by atoms with Crippen LogP contribution in [0, 0.1) is 10.1 Å². The maximum atomic E-state index is 12.2. The number of nitrogens with zero attached hydrogens (tertiary/aromatic N) is 1. The van der Waals surface area contributed by atoms with Gasteiger partial charge in [0.15, 0.2) is 0 Å². The van der Waals surface area contributed by atoms with E-state index in [1.54, 1.807) is 19.1 Å². The fourth-order valence-electron chi connectivity index (χ4n) is 2.24. The average Bonchev–Trinajstić information content (AvgIpc) is 2.61. The van der Waals surface area contributed by atoms with Gasteiger partial charge in [0.25, 0.3) is 5.69 Å². The number of carbonyl (C=O) groups excluding carboxylic acids is 1. The second-order valence-electron chi connectivity index (χ2n) is 5.56. The molecule has 0 aliphatic rings. The Bertz CT molecular complexity index is 948. The number of sulfonamides is 1. The minimum absolute atomic E-state index is 0.0758. The number of ether oxygens (including phenoxy) is 1. The van der Waals surface area contributed by atoms with Crippen molar-refractivity contribution in [1.29, 1.82) is 0 Å². The summed E-state index contributed by atoms with van der Waals surface area (Å²) >= 11 is 5.86. The van der Waals surface area contributed by atoms with Crippen LogP contribution >= 0.6 is 11.6 Å². The van der Waals surface area contributed by atoms with Gasteiger partial charge in [-0.25, -0.2) is 13.1 Å². The van der Waals surface area contributed by atoms with Crippen molar-refractivity contribution in [3.8, 4) is 0 Å². The van der Waals surface area contributed by atoms with Crippen LogP contribution in [-0.2, 0) is 19.6 Å². The Morgan fingerprint density at radius 3 is 2.63 bits per heavy atom. The van der Waals surface area contributed by atoms with Gasteiger partial charge in [0.2, 0.25) is 10.0 Å². The topological polar surface area (TPSA) is 116 Å². The van der Waals surface area contributed by atoms with E-state index in [-0.39, 0.29) is 28.6 Å². The Kier molecular flexibility index (Phi) is 6.89. The molecule has 27 heavy (non-hydrogen) atoms. The van der Waals surface area contributed by atoms with Crippen molar-refractivity contribution >= 4 is 33.3 Å². The third-order valence-electron chi connectivity index (χ3n) is 3.61. The van der Waals surface area contributed by atoms with Crippen molar-refractivity contribution in [2.75, 3.05) is 6.54 Å². The first-order valence-corrected chi connectivity index (χ1v) is 9.75. The highest BCUT2D eigenvalue weighted by atomic mass is 35.5. The van der Waals surface area contributed by atoms with Crippen LogP contribution in [0.5, 0.6) is 0 Å². The molecule has 0 bridgehead atoms. The van der Waals surface area contributed by atoms with E-state index in [1.165, 1.54) is 36.4 Å². The molecule has 0 heterocycles. The van der Waals surface area contributed by atoms with Crippen LogP contribution in [0.1, 0.15) is 25.0 Å². The van der Waals surface area contributed by atoms with E-state index in [1.807, 2.05) is 0 Å². The number of carbonyl (C=O) groups is 1. The van der Waals surface area contributed by atoms with Crippen LogP contribution in [0.25, 0.3) is 0 Å². The second kappa shape index (κ2) is 8.94. The zero-order valence-electron chi connectivity index (χ0n) is 14.3. The summed E-state index contributed by atoms with van der Waals surface area (Å²) in [5.74, 6) is -0.643. The molecule has 10 heteroatoms. The normalized spacial score (nSPS) is 12.4. The van der Waals surface area contributed by atoms with E-state index in [2.05, 4.69) is 4.72 Å². The Labute approximate surface area is 161 Å². The van der Waals surface area contributed by atoms with Gasteiger partial charge >= 0.3 is 5.97 Å². The highest BCUT2D eigenvalue weighted by Crippen LogP contribution is 2.22. The minimum Gasteiger partial charge on any atom is -0.458 e. The number of nitro groups is 1. The fourth-order valence-corrected chi connectivity index (χ4v) is 3.79. The zero-order chi connectivity index (χ0) is 20.0. The average molecular weight is 413 g/mol. The molecule has 2 aromatic carbocycles. The summed E-state index contributed by atoms with van der Waals surface area (Å²) in [5, 5.41) is 10.9. The molecule has 2 aromatic rings. The van der Waals surface area contributed by atoms with Crippen LogP contribution < -0.4 is 4.72 Å². The van der Waals surface area contributed by atoms with Gasteiger partial charge in [-0.3, -0.25) is 14.9 Å². The molecule has 0 aliphatic heterocycles. The molecular weight excluding hydrogens is 396 g/mol. The lowest BCUT2D eigenvalue weighted by molar-refractivity contribution is -0.385. The molecule has 1 N–H and O–H groups in total. The molecule has 0 amide bonds. The third kappa shape index (κ3) is 5.75. The summed E-state index contributed by atoms with van der Waals surface area (Å²) in [6, 6.07) is 11.7. The maximum Gasteiger partial charge on any atom is 0.307 e. The number of benzene rings is 2.